The van der Waals surface area contributed by atoms with Gasteiger partial charge in [-0.25, -0.2) is 4.79 Å². The first-order valence-corrected chi connectivity index (χ1v) is 7.05. The van der Waals surface area contributed by atoms with Crippen LogP contribution in [0.3, 0.4) is 0 Å². The molecule has 5 N–H and O–H groups in total. The van der Waals surface area contributed by atoms with Crippen LogP contribution in [0, 0.1) is 0 Å². The maximum absolute atomic E-state index is 10.8. The number of aliphatic carboxylic acids is 3. The summed E-state index contributed by atoms with van der Waals surface area (Å²) < 4.78 is 0. The van der Waals surface area contributed by atoms with Gasteiger partial charge in [-0.3, -0.25) is 9.59 Å². The molecule has 2 rings (SSSR count). The third-order valence-corrected chi connectivity index (χ3v) is 2.75. The fourth-order valence-electron chi connectivity index (χ4n) is 1.51. The van der Waals surface area contributed by atoms with Gasteiger partial charge in [-0.05, 0) is 12.0 Å². The van der Waals surface area contributed by atoms with E-state index in [2.05, 4.69) is 18.7 Å². The summed E-state index contributed by atoms with van der Waals surface area (Å²) in [5.41, 5.74) is 6.10. The maximum Gasteiger partial charge on any atom is 0.327 e. The van der Waals surface area contributed by atoms with E-state index >= 15 is 0 Å². The van der Waals surface area contributed by atoms with E-state index in [1.54, 1.807) is 30.3 Å². The van der Waals surface area contributed by atoms with Crippen LogP contribution in [-0.4, -0.2) is 39.3 Å². The number of carbonyl (C=O) groups is 3. The van der Waals surface area contributed by atoms with Crippen molar-refractivity contribution in [2.75, 3.05) is 0 Å². The molecule has 0 spiro atoms. The lowest BCUT2D eigenvalue weighted by Gasteiger charge is -2.19. The van der Waals surface area contributed by atoms with Crippen LogP contribution in [0.2, 0.25) is 0 Å². The highest BCUT2D eigenvalue weighted by Gasteiger charge is 2.27. The highest BCUT2D eigenvalue weighted by molar-refractivity contribution is 5.78. The molecular formula is C17H21NO6. The molecule has 7 heteroatoms. The molecule has 1 aromatic rings. The topological polar surface area (TPSA) is 138 Å². The van der Waals surface area contributed by atoms with Gasteiger partial charge in [0.25, 0.3) is 0 Å². The second-order valence-corrected chi connectivity index (χ2v) is 4.73. The standard InChI is InChI=1S/C11H13NO4.C3H4O2.C3H4/c12-10(11(15)16)8(6-9(13)14)7-4-2-1-3-5-7;1-2-3(4)5;1-2-3-1/h1-5,8,10H,6,12H2,(H,13,14)(H,15,16);2H,1H2,(H,4,5);1-2H,3H2/t8?,10-;;/m0../s1. The minimum atomic E-state index is -1.21. The number of carboxylic acid groups (broad SMARTS) is 3. The second-order valence-electron chi connectivity index (χ2n) is 4.73. The number of hydrogen-bond acceptors (Lipinski definition) is 4. The molecule has 7 nitrogen and oxygen atoms in total. The summed E-state index contributed by atoms with van der Waals surface area (Å²) in [5.74, 6) is -3.96. The molecule has 0 bridgehead atoms. The molecule has 0 aliphatic heterocycles. The Morgan fingerprint density at radius 2 is 1.58 bits per heavy atom. The summed E-state index contributed by atoms with van der Waals surface area (Å²) in [4.78, 5) is 30.7. The molecular weight excluding hydrogens is 314 g/mol. The summed E-state index contributed by atoms with van der Waals surface area (Å²) in [7, 11) is 0. The van der Waals surface area contributed by atoms with E-state index in [0.29, 0.717) is 5.56 Å². The van der Waals surface area contributed by atoms with Gasteiger partial charge in [0.1, 0.15) is 6.04 Å². The van der Waals surface area contributed by atoms with Gasteiger partial charge in [-0.1, -0.05) is 49.1 Å². The van der Waals surface area contributed by atoms with E-state index < -0.39 is 29.9 Å². The van der Waals surface area contributed by atoms with Crippen molar-refractivity contribution < 1.29 is 29.7 Å². The van der Waals surface area contributed by atoms with Crippen molar-refractivity contribution in [2.24, 2.45) is 5.73 Å². The van der Waals surface area contributed by atoms with Crippen LogP contribution in [0.1, 0.15) is 24.3 Å². The first kappa shape index (κ1) is 21.1. The van der Waals surface area contributed by atoms with Crippen molar-refractivity contribution in [2.45, 2.75) is 24.8 Å². The molecule has 2 atom stereocenters. The normalized spacial score (nSPS) is 13.0. The number of allylic oxidation sites excluding steroid dienone is 2. The van der Waals surface area contributed by atoms with E-state index in [0.717, 1.165) is 6.08 Å². The van der Waals surface area contributed by atoms with Crippen molar-refractivity contribution >= 4 is 17.9 Å². The summed E-state index contributed by atoms with van der Waals surface area (Å²) in [6, 6.07) is 7.36. The third kappa shape index (κ3) is 10.7. The molecule has 0 heterocycles. The lowest BCUT2D eigenvalue weighted by atomic mass is 9.89. The largest absolute Gasteiger partial charge is 0.481 e. The fraction of sp³-hybridized carbons (Fsp3) is 0.235. The number of benzene rings is 1. The Hall–Kier alpha value is -2.93. The number of hydrogen-bond donors (Lipinski definition) is 4. The molecule has 1 unspecified atom stereocenters. The Labute approximate surface area is 139 Å². The second kappa shape index (κ2) is 11.6. The smallest absolute Gasteiger partial charge is 0.327 e. The predicted octanol–water partition coefficient (Wildman–Crippen LogP) is 1.86. The van der Waals surface area contributed by atoms with Crippen LogP contribution in [-0.2, 0) is 14.4 Å². The molecule has 24 heavy (non-hydrogen) atoms. The Morgan fingerprint density at radius 1 is 1.12 bits per heavy atom. The average Bonchev–Trinajstić information content (AvgIpc) is 3.42. The summed E-state index contributed by atoms with van der Waals surface area (Å²) >= 11 is 0. The van der Waals surface area contributed by atoms with Crippen LogP contribution < -0.4 is 5.73 Å². The van der Waals surface area contributed by atoms with Crippen molar-refractivity contribution in [3.05, 3.63) is 60.7 Å². The lowest BCUT2D eigenvalue weighted by Crippen LogP contribution is -2.37. The van der Waals surface area contributed by atoms with E-state index in [4.69, 9.17) is 21.1 Å². The van der Waals surface area contributed by atoms with Crippen LogP contribution >= 0.6 is 0 Å². The molecule has 0 amide bonds. The van der Waals surface area contributed by atoms with Crippen LogP contribution in [0.15, 0.2) is 55.1 Å². The van der Waals surface area contributed by atoms with E-state index in [-0.39, 0.29) is 6.42 Å². The third-order valence-electron chi connectivity index (χ3n) is 2.75. The summed E-state index contributed by atoms with van der Waals surface area (Å²) in [5, 5.41) is 25.1. The molecule has 0 saturated carbocycles. The number of carboxylic acids is 3. The van der Waals surface area contributed by atoms with Gasteiger partial charge < -0.3 is 21.1 Å². The van der Waals surface area contributed by atoms with Gasteiger partial charge in [0.05, 0.1) is 6.42 Å². The molecule has 1 aromatic carbocycles. The van der Waals surface area contributed by atoms with Crippen LogP contribution in [0.4, 0.5) is 0 Å². The van der Waals surface area contributed by atoms with Gasteiger partial charge in [-0.2, -0.15) is 0 Å². The Bertz CT molecular complexity index is 578. The minimum Gasteiger partial charge on any atom is -0.481 e. The van der Waals surface area contributed by atoms with Gasteiger partial charge in [0.2, 0.25) is 0 Å². The molecule has 130 valence electrons. The van der Waals surface area contributed by atoms with E-state index in [1.807, 2.05) is 0 Å². The molecule has 0 fully saturated rings. The molecule has 1 aliphatic carbocycles. The highest BCUT2D eigenvalue weighted by Crippen LogP contribution is 2.22. The molecule has 1 aliphatic rings. The summed E-state index contributed by atoms with van der Waals surface area (Å²) in [6.45, 7) is 2.96. The fourth-order valence-corrected chi connectivity index (χ4v) is 1.51. The summed E-state index contributed by atoms with van der Waals surface area (Å²) in [6.07, 6.45) is 6.04. The van der Waals surface area contributed by atoms with Gasteiger partial charge in [-0.15, -0.1) is 0 Å². The quantitative estimate of drug-likeness (QED) is 0.460. The van der Waals surface area contributed by atoms with Gasteiger partial charge in [0, 0.05) is 12.0 Å². The first-order valence-electron chi connectivity index (χ1n) is 7.05. The van der Waals surface area contributed by atoms with Crippen molar-refractivity contribution in [1.29, 1.82) is 0 Å². The van der Waals surface area contributed by atoms with E-state index in [9.17, 15) is 14.4 Å². The monoisotopic (exact) mass is 335 g/mol. The minimum absolute atomic E-state index is 0.294. The SMILES string of the molecule is C1=CC1.C=CC(=O)O.N[C@H](C(=O)O)C(CC(=O)O)c1ccccc1. The van der Waals surface area contributed by atoms with Crippen molar-refractivity contribution in [3.63, 3.8) is 0 Å². The first-order chi connectivity index (χ1) is 11.3. The molecule has 0 aromatic heterocycles. The van der Waals surface area contributed by atoms with Crippen LogP contribution in [0.25, 0.3) is 0 Å². The average molecular weight is 335 g/mol. The van der Waals surface area contributed by atoms with Gasteiger partial charge >= 0.3 is 17.9 Å². The maximum atomic E-state index is 10.8. The van der Waals surface area contributed by atoms with E-state index in [1.165, 1.54) is 6.42 Å². The zero-order valence-corrected chi connectivity index (χ0v) is 13.0. The Kier molecular flexibility index (Phi) is 10.2. The number of rotatable bonds is 6. The number of nitrogens with two attached hydrogens (primary N) is 1. The zero-order chi connectivity index (χ0) is 18.5. The molecule has 0 radical (unpaired) electrons. The molecule has 0 saturated heterocycles. The van der Waals surface area contributed by atoms with Gasteiger partial charge in [0.15, 0.2) is 0 Å². The van der Waals surface area contributed by atoms with Crippen molar-refractivity contribution in [1.82, 2.24) is 0 Å². The highest BCUT2D eigenvalue weighted by atomic mass is 16.4. The zero-order valence-electron chi connectivity index (χ0n) is 13.0. The van der Waals surface area contributed by atoms with Crippen LogP contribution in [0.5, 0.6) is 0 Å². The predicted molar refractivity (Wildman–Crippen MR) is 88.6 cm³/mol. The lowest BCUT2D eigenvalue weighted by molar-refractivity contribution is -0.140. The Balaban J connectivity index is 0.000000541. The van der Waals surface area contributed by atoms with Crippen molar-refractivity contribution in [3.8, 4) is 0 Å². The Morgan fingerprint density at radius 3 is 1.88 bits per heavy atom.